The zero-order valence-electron chi connectivity index (χ0n) is 15.7. The second-order valence-corrected chi connectivity index (χ2v) is 5.98. The molecule has 3 rings (SSSR count). The number of ether oxygens (including phenoxy) is 2. The van der Waals surface area contributed by atoms with Crippen molar-refractivity contribution in [2.24, 2.45) is 5.10 Å². The third kappa shape index (κ3) is 5.16. The van der Waals surface area contributed by atoms with Gasteiger partial charge in [0.2, 0.25) is 0 Å². The van der Waals surface area contributed by atoms with Gasteiger partial charge in [0.05, 0.1) is 29.5 Å². The first-order valence-corrected chi connectivity index (χ1v) is 8.65. The van der Waals surface area contributed by atoms with Crippen LogP contribution in [0.5, 0.6) is 11.5 Å². The van der Waals surface area contributed by atoms with E-state index < -0.39 is 16.7 Å². The van der Waals surface area contributed by atoms with Gasteiger partial charge in [0.25, 0.3) is 5.69 Å². The number of carbonyl (C=O) groups is 1. The highest BCUT2D eigenvalue weighted by atomic mass is 19.1. The van der Waals surface area contributed by atoms with Crippen LogP contribution in [0.3, 0.4) is 0 Å². The van der Waals surface area contributed by atoms with Crippen molar-refractivity contribution in [3.8, 4) is 11.5 Å². The summed E-state index contributed by atoms with van der Waals surface area (Å²) in [6, 6.07) is 15.6. The van der Waals surface area contributed by atoms with Gasteiger partial charge in [0.15, 0.2) is 11.5 Å². The number of non-ortho nitro benzene ring substituents is 1. The lowest BCUT2D eigenvalue weighted by atomic mass is 10.2. The van der Waals surface area contributed by atoms with E-state index in [0.717, 1.165) is 0 Å². The molecule has 0 bridgehead atoms. The predicted molar refractivity (Wildman–Crippen MR) is 109 cm³/mol. The van der Waals surface area contributed by atoms with Crippen LogP contribution in [0.1, 0.15) is 15.9 Å². The van der Waals surface area contributed by atoms with Crippen LogP contribution in [0, 0.1) is 15.9 Å². The Morgan fingerprint density at radius 2 is 1.77 bits per heavy atom. The Morgan fingerprint density at radius 3 is 2.40 bits per heavy atom. The molecule has 0 aromatic heterocycles. The maximum absolute atomic E-state index is 13.0. The molecule has 0 aliphatic carbocycles. The number of benzene rings is 3. The first-order chi connectivity index (χ1) is 14.5. The highest BCUT2D eigenvalue weighted by molar-refractivity contribution is 5.91. The summed E-state index contributed by atoms with van der Waals surface area (Å²) in [6.45, 7) is 0. The van der Waals surface area contributed by atoms with Crippen LogP contribution >= 0.6 is 0 Å². The van der Waals surface area contributed by atoms with Crippen molar-refractivity contribution < 1.29 is 23.6 Å². The number of hydrazone groups is 1. The smallest absolute Gasteiger partial charge is 0.343 e. The molecule has 152 valence electrons. The Labute approximate surface area is 170 Å². The van der Waals surface area contributed by atoms with Crippen LogP contribution in [-0.4, -0.2) is 24.2 Å². The second kappa shape index (κ2) is 9.28. The van der Waals surface area contributed by atoms with E-state index in [1.54, 1.807) is 18.2 Å². The number of nitrogens with one attached hydrogen (secondary N) is 1. The number of nitrogens with zero attached hydrogens (tertiary/aromatic N) is 2. The molecule has 0 spiro atoms. The van der Waals surface area contributed by atoms with E-state index in [1.807, 2.05) is 0 Å². The maximum Gasteiger partial charge on any atom is 0.343 e. The normalized spacial score (nSPS) is 10.6. The molecule has 8 nitrogen and oxygen atoms in total. The summed E-state index contributed by atoms with van der Waals surface area (Å²) in [5.74, 6) is -0.582. The molecular weight excluding hydrogens is 393 g/mol. The minimum Gasteiger partial charge on any atom is -0.493 e. The highest BCUT2D eigenvalue weighted by Gasteiger charge is 2.13. The Hall–Kier alpha value is -4.27. The summed E-state index contributed by atoms with van der Waals surface area (Å²) in [5, 5.41) is 14.7. The van der Waals surface area contributed by atoms with Crippen molar-refractivity contribution >= 4 is 23.6 Å². The molecular formula is C21H16FN3O5. The number of nitro groups is 1. The molecule has 0 atom stereocenters. The number of carbonyl (C=O) groups excluding carboxylic acids is 1. The van der Waals surface area contributed by atoms with Gasteiger partial charge in [-0.2, -0.15) is 5.10 Å². The van der Waals surface area contributed by atoms with Gasteiger partial charge >= 0.3 is 5.97 Å². The summed E-state index contributed by atoms with van der Waals surface area (Å²) in [4.78, 5) is 22.4. The molecule has 0 saturated carbocycles. The van der Waals surface area contributed by atoms with Gasteiger partial charge in [-0.05, 0) is 60.2 Å². The average molecular weight is 409 g/mol. The number of anilines is 1. The van der Waals surface area contributed by atoms with Crippen molar-refractivity contribution in [1.82, 2.24) is 0 Å². The van der Waals surface area contributed by atoms with Gasteiger partial charge in [-0.15, -0.1) is 0 Å². The molecule has 0 amide bonds. The maximum atomic E-state index is 13.0. The molecule has 0 heterocycles. The minimum absolute atomic E-state index is 0.0139. The minimum atomic E-state index is -0.644. The molecule has 9 heteroatoms. The van der Waals surface area contributed by atoms with Gasteiger partial charge in [0.1, 0.15) is 5.82 Å². The molecule has 1 N–H and O–H groups in total. The largest absolute Gasteiger partial charge is 0.493 e. The second-order valence-electron chi connectivity index (χ2n) is 5.98. The predicted octanol–water partition coefficient (Wildman–Crippen LogP) is 4.41. The molecule has 0 saturated heterocycles. The molecule has 0 aliphatic rings. The third-order valence-corrected chi connectivity index (χ3v) is 3.96. The Morgan fingerprint density at radius 1 is 1.07 bits per heavy atom. The van der Waals surface area contributed by atoms with Crippen molar-refractivity contribution in [1.29, 1.82) is 0 Å². The highest BCUT2D eigenvalue weighted by Crippen LogP contribution is 2.28. The third-order valence-electron chi connectivity index (χ3n) is 3.96. The van der Waals surface area contributed by atoms with Crippen LogP contribution < -0.4 is 14.9 Å². The molecule has 3 aromatic rings. The van der Waals surface area contributed by atoms with E-state index in [0.29, 0.717) is 17.0 Å². The number of methoxy groups -OCH3 is 1. The quantitative estimate of drug-likeness (QED) is 0.204. The van der Waals surface area contributed by atoms with Crippen LogP contribution in [0.2, 0.25) is 0 Å². The molecule has 0 radical (unpaired) electrons. The van der Waals surface area contributed by atoms with Gasteiger partial charge in [-0.1, -0.05) is 0 Å². The Kier molecular flexibility index (Phi) is 6.33. The number of rotatable bonds is 7. The molecule has 3 aromatic carbocycles. The molecule has 0 fully saturated rings. The first kappa shape index (κ1) is 20.5. The van der Waals surface area contributed by atoms with Gasteiger partial charge in [0, 0.05) is 12.1 Å². The molecule has 0 aliphatic heterocycles. The fourth-order valence-electron chi connectivity index (χ4n) is 2.43. The van der Waals surface area contributed by atoms with Crippen molar-refractivity contribution in [3.63, 3.8) is 0 Å². The zero-order chi connectivity index (χ0) is 21.5. The van der Waals surface area contributed by atoms with Crippen LogP contribution in [-0.2, 0) is 0 Å². The summed E-state index contributed by atoms with van der Waals surface area (Å²) in [7, 11) is 1.43. The van der Waals surface area contributed by atoms with Crippen LogP contribution in [0.15, 0.2) is 71.8 Å². The van der Waals surface area contributed by atoms with Crippen molar-refractivity contribution in [2.45, 2.75) is 0 Å². The SMILES string of the molecule is COc1cc(/C=N/Nc2ccc([N+](=O)[O-])cc2)ccc1OC(=O)c1ccc(F)cc1. The fraction of sp³-hybridized carbons (Fsp3) is 0.0476. The first-order valence-electron chi connectivity index (χ1n) is 8.65. The number of hydrogen-bond donors (Lipinski definition) is 1. The van der Waals surface area contributed by atoms with Gasteiger partial charge in [-0.3, -0.25) is 15.5 Å². The zero-order valence-corrected chi connectivity index (χ0v) is 15.7. The van der Waals surface area contributed by atoms with Crippen LogP contribution in [0.4, 0.5) is 15.8 Å². The monoisotopic (exact) mass is 409 g/mol. The molecule has 30 heavy (non-hydrogen) atoms. The lowest BCUT2D eigenvalue weighted by Gasteiger charge is -2.10. The van der Waals surface area contributed by atoms with Crippen molar-refractivity contribution in [2.75, 3.05) is 12.5 Å². The van der Waals surface area contributed by atoms with Crippen LogP contribution in [0.25, 0.3) is 0 Å². The van der Waals surface area contributed by atoms with E-state index in [4.69, 9.17) is 9.47 Å². The Bertz CT molecular complexity index is 1080. The average Bonchev–Trinajstić information content (AvgIpc) is 2.75. The summed E-state index contributed by atoms with van der Waals surface area (Å²) >= 11 is 0. The van der Waals surface area contributed by atoms with E-state index >= 15 is 0 Å². The number of nitro benzene ring substituents is 1. The Balaban J connectivity index is 1.67. The summed E-state index contributed by atoms with van der Waals surface area (Å²) in [5.41, 5.74) is 4.18. The number of halogens is 1. The van der Waals surface area contributed by atoms with E-state index in [-0.39, 0.29) is 17.0 Å². The van der Waals surface area contributed by atoms with E-state index in [9.17, 15) is 19.3 Å². The lowest BCUT2D eigenvalue weighted by molar-refractivity contribution is -0.384. The number of hydrogen-bond acceptors (Lipinski definition) is 7. The van der Waals surface area contributed by atoms with E-state index in [1.165, 1.54) is 61.9 Å². The summed E-state index contributed by atoms with van der Waals surface area (Å²) < 4.78 is 23.6. The van der Waals surface area contributed by atoms with Gasteiger partial charge < -0.3 is 9.47 Å². The lowest BCUT2D eigenvalue weighted by Crippen LogP contribution is -2.09. The number of esters is 1. The molecule has 0 unspecified atom stereocenters. The standard InChI is InChI=1S/C21H16FN3O5/c1-29-20-12-14(13-23-24-17-7-9-18(10-8-17)25(27)28)2-11-19(20)30-21(26)15-3-5-16(22)6-4-15/h2-13,24H,1H3/b23-13+. The van der Waals surface area contributed by atoms with E-state index in [2.05, 4.69) is 10.5 Å². The summed E-state index contributed by atoms with van der Waals surface area (Å²) in [6.07, 6.45) is 1.51. The van der Waals surface area contributed by atoms with Crippen molar-refractivity contribution in [3.05, 3.63) is 93.8 Å². The topological polar surface area (TPSA) is 103 Å². The van der Waals surface area contributed by atoms with Gasteiger partial charge in [-0.25, -0.2) is 9.18 Å². The fourth-order valence-corrected chi connectivity index (χ4v) is 2.43.